The Bertz CT molecular complexity index is 1330. The van der Waals surface area contributed by atoms with E-state index in [0.29, 0.717) is 91.4 Å². The normalized spacial score (nSPS) is 15.3. The number of rotatable bonds is 5. The fourth-order valence-corrected chi connectivity index (χ4v) is 4.53. The quantitative estimate of drug-likeness (QED) is 0.548. The lowest BCUT2D eigenvalue weighted by Crippen LogP contribution is -2.50. The second-order valence-electron chi connectivity index (χ2n) is 8.32. The standard InChI is InChI=1S/C25H28N4O6/c1-4-29-24(31)17-14-21-22(35-12-11-34-21)15-18(17)26-25(29)28-9-7-27(8-10-28)23(30)16-5-6-19(32-2)20(13-16)33-3/h5-6,13-15H,4,7-12H2,1-3H3. The smallest absolute Gasteiger partial charge is 0.262 e. The Morgan fingerprint density at radius 2 is 1.66 bits per heavy atom. The predicted octanol–water partition coefficient (Wildman–Crippen LogP) is 2.17. The molecule has 0 unspecified atom stereocenters. The van der Waals surface area contributed by atoms with Gasteiger partial charge in [0.1, 0.15) is 13.2 Å². The largest absolute Gasteiger partial charge is 0.493 e. The zero-order chi connectivity index (χ0) is 24.5. The zero-order valence-corrected chi connectivity index (χ0v) is 20.1. The molecule has 0 radical (unpaired) electrons. The summed E-state index contributed by atoms with van der Waals surface area (Å²) in [5.74, 6) is 2.78. The van der Waals surface area contributed by atoms with Gasteiger partial charge in [-0.25, -0.2) is 4.98 Å². The van der Waals surface area contributed by atoms with Crippen LogP contribution in [0.25, 0.3) is 10.9 Å². The van der Waals surface area contributed by atoms with Gasteiger partial charge in [0.15, 0.2) is 23.0 Å². The van der Waals surface area contributed by atoms with Crippen molar-refractivity contribution in [3.05, 3.63) is 46.2 Å². The molecule has 0 aliphatic carbocycles. The van der Waals surface area contributed by atoms with Crippen LogP contribution >= 0.6 is 0 Å². The summed E-state index contributed by atoms with van der Waals surface area (Å²) in [4.78, 5) is 35.1. The van der Waals surface area contributed by atoms with Gasteiger partial charge in [-0.05, 0) is 31.2 Å². The average Bonchev–Trinajstić information content (AvgIpc) is 2.91. The highest BCUT2D eigenvalue weighted by atomic mass is 16.6. The Kier molecular flexibility index (Phi) is 6.10. The summed E-state index contributed by atoms with van der Waals surface area (Å²) in [6.45, 7) is 5.45. The maximum absolute atomic E-state index is 13.3. The van der Waals surface area contributed by atoms with Gasteiger partial charge in [-0.2, -0.15) is 0 Å². The highest BCUT2D eigenvalue weighted by Crippen LogP contribution is 2.34. The van der Waals surface area contributed by atoms with E-state index >= 15 is 0 Å². The van der Waals surface area contributed by atoms with E-state index in [1.807, 2.05) is 6.92 Å². The minimum absolute atomic E-state index is 0.0752. The monoisotopic (exact) mass is 480 g/mol. The highest BCUT2D eigenvalue weighted by Gasteiger charge is 2.26. The second-order valence-corrected chi connectivity index (χ2v) is 8.32. The number of hydrogen-bond donors (Lipinski definition) is 0. The molecule has 184 valence electrons. The predicted molar refractivity (Wildman–Crippen MR) is 130 cm³/mol. The fraction of sp³-hybridized carbons (Fsp3) is 0.400. The number of aromatic nitrogens is 2. The molecule has 0 atom stereocenters. The first kappa shape index (κ1) is 22.8. The van der Waals surface area contributed by atoms with E-state index in [0.717, 1.165) is 0 Å². The zero-order valence-electron chi connectivity index (χ0n) is 20.1. The van der Waals surface area contributed by atoms with E-state index in [9.17, 15) is 9.59 Å². The fourth-order valence-electron chi connectivity index (χ4n) is 4.53. The molecule has 3 heterocycles. The molecular formula is C25H28N4O6. The van der Waals surface area contributed by atoms with Crippen LogP contribution in [0.4, 0.5) is 5.95 Å². The molecule has 2 aromatic carbocycles. The number of benzene rings is 2. The first-order valence-corrected chi connectivity index (χ1v) is 11.6. The van der Waals surface area contributed by atoms with Crippen molar-refractivity contribution in [1.82, 2.24) is 14.5 Å². The summed E-state index contributed by atoms with van der Waals surface area (Å²) in [6, 6.07) is 8.65. The Morgan fingerprint density at radius 3 is 2.31 bits per heavy atom. The van der Waals surface area contributed by atoms with Gasteiger partial charge in [0.05, 0.1) is 25.1 Å². The average molecular weight is 481 g/mol. The van der Waals surface area contributed by atoms with E-state index < -0.39 is 0 Å². The number of methoxy groups -OCH3 is 2. The minimum Gasteiger partial charge on any atom is -0.493 e. The van der Waals surface area contributed by atoms with Gasteiger partial charge in [0.2, 0.25) is 5.95 Å². The molecule has 10 nitrogen and oxygen atoms in total. The Morgan fingerprint density at radius 1 is 0.971 bits per heavy atom. The summed E-state index contributed by atoms with van der Waals surface area (Å²) in [6.07, 6.45) is 0. The lowest BCUT2D eigenvalue weighted by Gasteiger charge is -2.36. The number of anilines is 1. The van der Waals surface area contributed by atoms with Crippen molar-refractivity contribution in [3.8, 4) is 23.0 Å². The van der Waals surface area contributed by atoms with Crippen molar-refractivity contribution >= 4 is 22.8 Å². The van der Waals surface area contributed by atoms with Gasteiger partial charge < -0.3 is 28.7 Å². The SMILES string of the molecule is CCn1c(N2CCN(C(=O)c3ccc(OC)c(OC)c3)CC2)nc2cc3c(cc2c1=O)OCCO3. The van der Waals surface area contributed by atoms with Gasteiger partial charge in [-0.15, -0.1) is 0 Å². The maximum Gasteiger partial charge on any atom is 0.262 e. The van der Waals surface area contributed by atoms with Crippen LogP contribution in [0, 0.1) is 0 Å². The van der Waals surface area contributed by atoms with Crippen LogP contribution in [0.15, 0.2) is 35.1 Å². The van der Waals surface area contributed by atoms with Gasteiger partial charge in [0.25, 0.3) is 11.5 Å². The molecule has 0 saturated carbocycles. The van der Waals surface area contributed by atoms with Crippen LogP contribution in [-0.2, 0) is 6.54 Å². The van der Waals surface area contributed by atoms with Crippen molar-refractivity contribution in [3.63, 3.8) is 0 Å². The van der Waals surface area contributed by atoms with Crippen molar-refractivity contribution in [2.24, 2.45) is 0 Å². The molecule has 1 aromatic heterocycles. The number of piperazine rings is 1. The van der Waals surface area contributed by atoms with Crippen LogP contribution in [0.3, 0.4) is 0 Å². The van der Waals surface area contributed by atoms with Crippen LogP contribution in [-0.4, -0.2) is 74.0 Å². The highest BCUT2D eigenvalue weighted by molar-refractivity contribution is 5.95. The molecule has 35 heavy (non-hydrogen) atoms. The molecule has 5 rings (SSSR count). The number of carbonyl (C=O) groups excluding carboxylic acids is 1. The van der Waals surface area contributed by atoms with E-state index in [-0.39, 0.29) is 11.5 Å². The van der Waals surface area contributed by atoms with Crippen LogP contribution in [0.2, 0.25) is 0 Å². The Hall–Kier alpha value is -3.95. The van der Waals surface area contributed by atoms with E-state index in [2.05, 4.69) is 4.90 Å². The summed E-state index contributed by atoms with van der Waals surface area (Å²) >= 11 is 0. The maximum atomic E-state index is 13.3. The first-order chi connectivity index (χ1) is 17.0. The van der Waals surface area contributed by atoms with Gasteiger partial charge in [-0.1, -0.05) is 0 Å². The van der Waals surface area contributed by atoms with Crippen LogP contribution < -0.4 is 29.4 Å². The first-order valence-electron chi connectivity index (χ1n) is 11.6. The molecule has 2 aliphatic heterocycles. The number of ether oxygens (including phenoxy) is 4. The van der Waals surface area contributed by atoms with Crippen molar-refractivity contribution < 1.29 is 23.7 Å². The van der Waals surface area contributed by atoms with Crippen molar-refractivity contribution in [1.29, 1.82) is 0 Å². The molecule has 1 amide bonds. The second kappa shape index (κ2) is 9.36. The molecule has 10 heteroatoms. The third kappa shape index (κ3) is 4.09. The van der Waals surface area contributed by atoms with E-state index in [4.69, 9.17) is 23.9 Å². The molecule has 0 spiro atoms. The summed E-state index contributed by atoms with van der Waals surface area (Å²) < 4.78 is 23.6. The van der Waals surface area contributed by atoms with Gasteiger partial charge in [0, 0.05) is 44.4 Å². The molecule has 0 N–H and O–H groups in total. The number of nitrogens with zero attached hydrogens (tertiary/aromatic N) is 4. The van der Waals surface area contributed by atoms with Crippen LogP contribution in [0.1, 0.15) is 17.3 Å². The lowest BCUT2D eigenvalue weighted by molar-refractivity contribution is 0.0745. The Labute approximate surface area is 202 Å². The van der Waals surface area contributed by atoms with Crippen LogP contribution in [0.5, 0.6) is 23.0 Å². The number of carbonyl (C=O) groups is 1. The molecule has 1 saturated heterocycles. The van der Waals surface area contributed by atoms with Crippen molar-refractivity contribution in [2.75, 3.05) is 58.5 Å². The van der Waals surface area contributed by atoms with Gasteiger partial charge in [-0.3, -0.25) is 14.2 Å². The molecular weight excluding hydrogens is 452 g/mol. The molecule has 2 aliphatic rings. The topological polar surface area (TPSA) is 95.4 Å². The van der Waals surface area contributed by atoms with Gasteiger partial charge >= 0.3 is 0 Å². The summed E-state index contributed by atoms with van der Waals surface area (Å²) in [7, 11) is 3.11. The van der Waals surface area contributed by atoms with E-state index in [1.165, 1.54) is 0 Å². The number of hydrogen-bond acceptors (Lipinski definition) is 8. The number of amides is 1. The minimum atomic E-state index is -0.117. The molecule has 1 fully saturated rings. The Balaban J connectivity index is 1.39. The summed E-state index contributed by atoms with van der Waals surface area (Å²) in [5.41, 5.74) is 0.994. The van der Waals surface area contributed by atoms with Crippen molar-refractivity contribution in [2.45, 2.75) is 13.5 Å². The lowest BCUT2D eigenvalue weighted by atomic mass is 10.1. The van der Waals surface area contributed by atoms with E-state index in [1.54, 1.807) is 54.0 Å². The molecule has 0 bridgehead atoms. The molecule has 3 aromatic rings. The number of fused-ring (bicyclic) bond motifs is 2. The third-order valence-corrected chi connectivity index (χ3v) is 6.39. The summed E-state index contributed by atoms with van der Waals surface area (Å²) in [5, 5.41) is 0.502. The third-order valence-electron chi connectivity index (χ3n) is 6.39.